The maximum Gasteiger partial charge on any atom is 0.413 e. The molecular formula is C34H32N8O7S2. The number of carbonyl (C=O) groups is 3. The lowest BCUT2D eigenvalue weighted by Gasteiger charge is -2.22. The first-order valence-corrected chi connectivity index (χ1v) is 18.0. The Labute approximate surface area is 296 Å². The standard InChI is InChI=1S/C34H32N8O7S2/c1-2-48-28(44)20-41(18-17-38-51(46,47)34-39-25-15-9-10-16-26(25)50-34)27(43)19-42-22-37-31-29(42)32(36-21-35-31)40-33(45)49-30(23-11-5-3-6-12-23)24-13-7-4-8-14-24/h3-16,21-22,30,38H,2,17-20H2,1H3,(H,35,36,40,45). The predicted octanol–water partition coefficient (Wildman–Crippen LogP) is 4.14. The molecule has 0 spiro atoms. The zero-order chi connectivity index (χ0) is 35.8. The highest BCUT2D eigenvalue weighted by Crippen LogP contribution is 2.28. The van der Waals surface area contributed by atoms with Gasteiger partial charge in [-0.15, -0.1) is 11.3 Å². The van der Waals surface area contributed by atoms with E-state index in [1.54, 1.807) is 31.2 Å². The number of ether oxygens (including phenoxy) is 2. The molecule has 0 bridgehead atoms. The number of amides is 2. The van der Waals surface area contributed by atoms with Crippen molar-refractivity contribution in [2.75, 3.05) is 31.6 Å². The molecule has 15 nitrogen and oxygen atoms in total. The fraction of sp³-hybridized carbons (Fsp3) is 0.206. The molecule has 0 aliphatic carbocycles. The van der Waals surface area contributed by atoms with E-state index in [2.05, 4.69) is 30.0 Å². The largest absolute Gasteiger partial charge is 0.465 e. The molecule has 0 aliphatic heterocycles. The second-order valence-electron chi connectivity index (χ2n) is 11.0. The Morgan fingerprint density at radius 2 is 1.61 bits per heavy atom. The van der Waals surface area contributed by atoms with Crippen LogP contribution in [-0.4, -0.2) is 82.0 Å². The fourth-order valence-electron chi connectivity index (χ4n) is 5.18. The molecule has 0 saturated carbocycles. The van der Waals surface area contributed by atoms with E-state index in [9.17, 15) is 22.8 Å². The molecule has 0 saturated heterocycles. The van der Waals surface area contributed by atoms with Crippen LogP contribution >= 0.6 is 11.3 Å². The number of fused-ring (bicyclic) bond motifs is 2. The van der Waals surface area contributed by atoms with Crippen LogP contribution in [0.25, 0.3) is 21.4 Å². The average molecular weight is 729 g/mol. The van der Waals surface area contributed by atoms with Crippen molar-refractivity contribution in [3.05, 3.63) is 109 Å². The minimum Gasteiger partial charge on any atom is -0.465 e. The highest BCUT2D eigenvalue weighted by molar-refractivity contribution is 7.91. The van der Waals surface area contributed by atoms with Crippen LogP contribution in [-0.2, 0) is 35.6 Å². The van der Waals surface area contributed by atoms with Crippen molar-refractivity contribution < 1.29 is 32.3 Å². The summed E-state index contributed by atoms with van der Waals surface area (Å²) in [6.45, 7) is 0.567. The Morgan fingerprint density at radius 3 is 2.29 bits per heavy atom. The Balaban J connectivity index is 1.17. The molecule has 6 aromatic rings. The Kier molecular flexibility index (Phi) is 10.9. The number of sulfonamides is 1. The number of carbonyl (C=O) groups excluding carboxylic acids is 3. The number of hydrogen-bond acceptors (Lipinski definition) is 12. The number of anilines is 1. The first-order chi connectivity index (χ1) is 24.7. The number of imidazole rings is 1. The fourth-order valence-corrected chi connectivity index (χ4v) is 7.47. The maximum absolute atomic E-state index is 13.7. The molecule has 0 aliphatic rings. The number of aromatic nitrogens is 5. The molecule has 0 unspecified atom stereocenters. The molecule has 3 aromatic carbocycles. The van der Waals surface area contributed by atoms with E-state index in [1.165, 1.54) is 22.1 Å². The van der Waals surface area contributed by atoms with Gasteiger partial charge in [-0.3, -0.25) is 14.9 Å². The van der Waals surface area contributed by atoms with Gasteiger partial charge in [0.25, 0.3) is 10.0 Å². The third-order valence-corrected chi connectivity index (χ3v) is 10.4. The Morgan fingerprint density at radius 1 is 0.922 bits per heavy atom. The number of thiazole rings is 1. The van der Waals surface area contributed by atoms with E-state index in [0.29, 0.717) is 10.2 Å². The van der Waals surface area contributed by atoms with E-state index in [1.807, 2.05) is 60.7 Å². The molecule has 0 atom stereocenters. The summed E-state index contributed by atoms with van der Waals surface area (Å²) in [5.41, 5.74) is 2.48. The number of nitrogens with zero attached hydrogens (tertiary/aromatic N) is 6. The average Bonchev–Trinajstić information content (AvgIpc) is 3.77. The van der Waals surface area contributed by atoms with Gasteiger partial charge in [0, 0.05) is 13.1 Å². The number of benzene rings is 3. The summed E-state index contributed by atoms with van der Waals surface area (Å²) in [7, 11) is -4.00. The summed E-state index contributed by atoms with van der Waals surface area (Å²) in [4.78, 5) is 57.4. The van der Waals surface area contributed by atoms with E-state index >= 15 is 0 Å². The Bertz CT molecular complexity index is 2190. The molecule has 3 aromatic heterocycles. The molecule has 0 fully saturated rings. The van der Waals surface area contributed by atoms with E-state index in [4.69, 9.17) is 9.47 Å². The highest BCUT2D eigenvalue weighted by atomic mass is 32.2. The van der Waals surface area contributed by atoms with Gasteiger partial charge in [0.1, 0.15) is 24.9 Å². The highest BCUT2D eigenvalue weighted by Gasteiger charge is 2.25. The van der Waals surface area contributed by atoms with Crippen molar-refractivity contribution in [2.45, 2.75) is 23.9 Å². The van der Waals surface area contributed by atoms with Crippen LogP contribution in [0.4, 0.5) is 10.6 Å². The van der Waals surface area contributed by atoms with Crippen LogP contribution in [0.15, 0.2) is 102 Å². The number of nitrogens with one attached hydrogen (secondary N) is 2. The van der Waals surface area contributed by atoms with Crippen LogP contribution in [0.5, 0.6) is 0 Å². The van der Waals surface area contributed by atoms with Crippen LogP contribution in [0.2, 0.25) is 0 Å². The van der Waals surface area contributed by atoms with Crippen molar-refractivity contribution in [1.29, 1.82) is 0 Å². The summed E-state index contributed by atoms with van der Waals surface area (Å²) >= 11 is 1.02. The van der Waals surface area contributed by atoms with Gasteiger partial charge in [0.15, 0.2) is 17.6 Å². The molecule has 2 N–H and O–H groups in total. The summed E-state index contributed by atoms with van der Waals surface area (Å²) in [5.74, 6) is -1.20. The predicted molar refractivity (Wildman–Crippen MR) is 188 cm³/mol. The Hall–Kier alpha value is -5.78. The minimum absolute atomic E-state index is 0.0377. The van der Waals surface area contributed by atoms with Gasteiger partial charge in [0.2, 0.25) is 10.2 Å². The topological polar surface area (TPSA) is 188 Å². The molecule has 3 heterocycles. The van der Waals surface area contributed by atoms with Gasteiger partial charge in [0.05, 0.1) is 23.2 Å². The summed E-state index contributed by atoms with van der Waals surface area (Å²) in [5, 5.41) is 2.66. The van der Waals surface area contributed by atoms with Crippen molar-refractivity contribution >= 4 is 66.5 Å². The van der Waals surface area contributed by atoms with E-state index in [0.717, 1.165) is 22.5 Å². The van der Waals surface area contributed by atoms with Crippen LogP contribution in [0.3, 0.4) is 0 Å². The third-order valence-electron chi connectivity index (χ3n) is 7.52. The van der Waals surface area contributed by atoms with Crippen molar-refractivity contribution in [3.63, 3.8) is 0 Å². The lowest BCUT2D eigenvalue weighted by Crippen LogP contribution is -2.43. The third kappa shape index (κ3) is 8.51. The molecule has 51 heavy (non-hydrogen) atoms. The SMILES string of the molecule is CCOC(=O)CN(CCNS(=O)(=O)c1nc2ccccc2s1)C(=O)Cn1cnc2ncnc(NC(=O)OC(c3ccccc3)c3ccccc3)c21. The van der Waals surface area contributed by atoms with Crippen LogP contribution in [0.1, 0.15) is 24.2 Å². The smallest absolute Gasteiger partial charge is 0.413 e. The van der Waals surface area contributed by atoms with E-state index < -0.39 is 40.6 Å². The molecule has 0 radical (unpaired) electrons. The first-order valence-electron chi connectivity index (χ1n) is 15.7. The lowest BCUT2D eigenvalue weighted by atomic mass is 10.0. The van der Waals surface area contributed by atoms with E-state index in [-0.39, 0.29) is 47.6 Å². The monoisotopic (exact) mass is 728 g/mol. The van der Waals surface area contributed by atoms with Crippen LogP contribution < -0.4 is 10.0 Å². The molecule has 6 rings (SSSR count). The van der Waals surface area contributed by atoms with Gasteiger partial charge in [-0.2, -0.15) is 0 Å². The van der Waals surface area contributed by atoms with Crippen LogP contribution in [0, 0.1) is 0 Å². The van der Waals surface area contributed by atoms with Crippen molar-refractivity contribution in [3.8, 4) is 0 Å². The van der Waals surface area contributed by atoms with Crippen molar-refractivity contribution in [1.82, 2.24) is 34.1 Å². The minimum atomic E-state index is -4.00. The molecule has 17 heteroatoms. The maximum atomic E-state index is 13.7. The number of hydrogen-bond donors (Lipinski definition) is 2. The second kappa shape index (κ2) is 15.8. The normalized spacial score (nSPS) is 11.5. The van der Waals surface area contributed by atoms with Gasteiger partial charge in [-0.1, -0.05) is 72.8 Å². The number of rotatable bonds is 14. The molecule has 2 amide bonds. The lowest BCUT2D eigenvalue weighted by molar-refractivity contribution is -0.149. The molecule has 262 valence electrons. The summed E-state index contributed by atoms with van der Waals surface area (Å²) in [6, 6.07) is 25.5. The van der Waals surface area contributed by atoms with Crippen molar-refractivity contribution in [2.24, 2.45) is 0 Å². The van der Waals surface area contributed by atoms with Gasteiger partial charge < -0.3 is 18.9 Å². The quantitative estimate of drug-likeness (QED) is 0.154. The zero-order valence-corrected chi connectivity index (χ0v) is 28.8. The van der Waals surface area contributed by atoms with Gasteiger partial charge >= 0.3 is 12.1 Å². The van der Waals surface area contributed by atoms with Gasteiger partial charge in [-0.25, -0.2) is 37.9 Å². The molecular weight excluding hydrogens is 697 g/mol. The number of para-hydroxylation sites is 1. The number of esters is 1. The first kappa shape index (κ1) is 35.1. The zero-order valence-electron chi connectivity index (χ0n) is 27.2. The second-order valence-corrected chi connectivity index (χ2v) is 13.9. The summed E-state index contributed by atoms with van der Waals surface area (Å²) in [6.07, 6.45) is 1.03. The van der Waals surface area contributed by atoms with Gasteiger partial charge in [-0.05, 0) is 30.2 Å². The summed E-state index contributed by atoms with van der Waals surface area (Å²) < 4.78 is 41.4.